The van der Waals surface area contributed by atoms with Gasteiger partial charge in [0.05, 0.1) is 5.92 Å². The van der Waals surface area contributed by atoms with Gasteiger partial charge in [-0.3, -0.25) is 4.79 Å². The number of hydrogen-bond donors (Lipinski definition) is 2. The minimum atomic E-state index is -0.122. The summed E-state index contributed by atoms with van der Waals surface area (Å²) < 4.78 is 0. The van der Waals surface area contributed by atoms with Crippen molar-refractivity contribution in [3.05, 3.63) is 0 Å². The molecule has 0 aliphatic carbocycles. The number of unbranched alkanes of at least 4 members (excludes halogenated alkanes) is 5. The molecular formula is C16H32N2O. The van der Waals surface area contributed by atoms with E-state index in [1.54, 1.807) is 0 Å². The second kappa shape index (κ2) is 8.57. The fourth-order valence-electron chi connectivity index (χ4n) is 3.52. The first-order valence-corrected chi connectivity index (χ1v) is 8.11. The van der Waals surface area contributed by atoms with E-state index in [0.717, 1.165) is 12.8 Å². The predicted octanol–water partition coefficient (Wildman–Crippen LogP) is 3.23. The van der Waals surface area contributed by atoms with Crippen molar-refractivity contribution < 1.29 is 4.79 Å². The van der Waals surface area contributed by atoms with E-state index in [1.165, 1.54) is 38.5 Å². The summed E-state index contributed by atoms with van der Waals surface area (Å²) in [4.78, 5) is 11.6. The first kappa shape index (κ1) is 16.5. The summed E-state index contributed by atoms with van der Waals surface area (Å²) in [6.45, 7) is 6.62. The molecule has 1 fully saturated rings. The zero-order valence-corrected chi connectivity index (χ0v) is 13.0. The smallest absolute Gasteiger partial charge is 0.222 e. The normalized spacial score (nSPS) is 31.3. The fraction of sp³-hybridized carbons (Fsp3) is 0.938. The van der Waals surface area contributed by atoms with Crippen LogP contribution in [0.5, 0.6) is 0 Å². The molecule has 1 saturated heterocycles. The molecule has 3 nitrogen and oxygen atoms in total. The Morgan fingerprint density at radius 2 is 1.79 bits per heavy atom. The number of carbonyl (C=O) groups excluding carboxylic acids is 1. The lowest BCUT2D eigenvalue weighted by atomic mass is 9.77. The summed E-state index contributed by atoms with van der Waals surface area (Å²) in [6.07, 6.45) is 9.96. The lowest BCUT2D eigenvalue weighted by Crippen LogP contribution is -2.54. The summed E-state index contributed by atoms with van der Waals surface area (Å²) >= 11 is 0. The molecule has 19 heavy (non-hydrogen) atoms. The molecule has 0 aromatic heterocycles. The maximum absolute atomic E-state index is 11.6. The second-order valence-electron chi connectivity index (χ2n) is 6.37. The molecule has 3 N–H and O–H groups in total. The van der Waals surface area contributed by atoms with Gasteiger partial charge in [-0.1, -0.05) is 52.4 Å². The van der Waals surface area contributed by atoms with E-state index >= 15 is 0 Å². The largest absolute Gasteiger partial charge is 0.369 e. The molecule has 1 heterocycles. The Hall–Kier alpha value is -0.570. The van der Waals surface area contributed by atoms with E-state index in [0.29, 0.717) is 18.0 Å². The lowest BCUT2D eigenvalue weighted by Gasteiger charge is -2.39. The molecule has 0 bridgehead atoms. The summed E-state index contributed by atoms with van der Waals surface area (Å²) in [6, 6.07) is 0.804. The van der Waals surface area contributed by atoms with Crippen molar-refractivity contribution in [2.75, 3.05) is 0 Å². The highest BCUT2D eigenvalue weighted by atomic mass is 16.1. The number of nitrogens with two attached hydrogens (primary N) is 1. The molecule has 1 amide bonds. The van der Waals surface area contributed by atoms with E-state index < -0.39 is 0 Å². The molecule has 4 unspecified atom stereocenters. The minimum Gasteiger partial charge on any atom is -0.369 e. The average Bonchev–Trinajstić information content (AvgIpc) is 2.32. The number of primary amides is 1. The average molecular weight is 268 g/mol. The quantitative estimate of drug-likeness (QED) is 0.664. The molecule has 1 rings (SSSR count). The van der Waals surface area contributed by atoms with Gasteiger partial charge in [0, 0.05) is 12.1 Å². The third-order valence-corrected chi connectivity index (χ3v) is 4.47. The van der Waals surface area contributed by atoms with E-state index in [1.807, 2.05) is 0 Å². The molecule has 4 atom stereocenters. The number of hydrogen-bond acceptors (Lipinski definition) is 2. The minimum absolute atomic E-state index is 0.0202. The van der Waals surface area contributed by atoms with E-state index in [4.69, 9.17) is 5.73 Å². The molecule has 0 aromatic carbocycles. The van der Waals surface area contributed by atoms with Crippen LogP contribution in [0.3, 0.4) is 0 Å². The third kappa shape index (κ3) is 5.52. The van der Waals surface area contributed by atoms with Gasteiger partial charge in [-0.05, 0) is 25.7 Å². The molecule has 3 heteroatoms. The van der Waals surface area contributed by atoms with Crippen LogP contribution in [0.15, 0.2) is 0 Å². The highest BCUT2D eigenvalue weighted by molar-refractivity contribution is 5.77. The van der Waals surface area contributed by atoms with Crippen LogP contribution in [0.2, 0.25) is 0 Å². The van der Waals surface area contributed by atoms with Gasteiger partial charge in [0.1, 0.15) is 0 Å². The zero-order chi connectivity index (χ0) is 14.3. The van der Waals surface area contributed by atoms with Crippen molar-refractivity contribution in [1.29, 1.82) is 0 Å². The van der Waals surface area contributed by atoms with Gasteiger partial charge in [0.25, 0.3) is 0 Å². The Morgan fingerprint density at radius 1 is 1.16 bits per heavy atom. The summed E-state index contributed by atoms with van der Waals surface area (Å²) in [5.74, 6) is 0.313. The zero-order valence-electron chi connectivity index (χ0n) is 13.0. The van der Waals surface area contributed by atoms with Crippen molar-refractivity contribution in [3.8, 4) is 0 Å². The monoisotopic (exact) mass is 268 g/mol. The van der Waals surface area contributed by atoms with Crippen LogP contribution in [0, 0.1) is 11.8 Å². The summed E-state index contributed by atoms with van der Waals surface area (Å²) in [5.41, 5.74) is 5.58. The standard InChI is InChI=1S/C16H32N2O/c1-4-5-6-7-8-9-10-14-15(16(17)19)12(2)11-13(3)18-14/h12-15,18H,4-11H2,1-3H3,(H2,17,19). The maximum Gasteiger partial charge on any atom is 0.222 e. The summed E-state index contributed by atoms with van der Waals surface area (Å²) in [7, 11) is 0. The molecule has 1 aliphatic heterocycles. The van der Waals surface area contributed by atoms with Crippen LogP contribution in [0.1, 0.15) is 72.1 Å². The van der Waals surface area contributed by atoms with Gasteiger partial charge >= 0.3 is 0 Å². The van der Waals surface area contributed by atoms with Crippen LogP contribution in [0.25, 0.3) is 0 Å². The van der Waals surface area contributed by atoms with Gasteiger partial charge in [-0.25, -0.2) is 0 Å². The van der Waals surface area contributed by atoms with Crippen LogP contribution >= 0.6 is 0 Å². The summed E-state index contributed by atoms with van der Waals surface area (Å²) in [5, 5.41) is 3.58. The van der Waals surface area contributed by atoms with Gasteiger partial charge < -0.3 is 11.1 Å². The number of nitrogens with one attached hydrogen (secondary N) is 1. The number of rotatable bonds is 8. The second-order valence-corrected chi connectivity index (χ2v) is 6.37. The Kier molecular flexibility index (Phi) is 7.44. The maximum atomic E-state index is 11.6. The highest BCUT2D eigenvalue weighted by Gasteiger charge is 2.36. The molecular weight excluding hydrogens is 236 g/mol. The van der Waals surface area contributed by atoms with Crippen LogP contribution < -0.4 is 11.1 Å². The number of amides is 1. The van der Waals surface area contributed by atoms with E-state index in [9.17, 15) is 4.79 Å². The van der Waals surface area contributed by atoms with Crippen molar-refractivity contribution >= 4 is 5.91 Å². The van der Waals surface area contributed by atoms with Crippen LogP contribution in [-0.4, -0.2) is 18.0 Å². The predicted molar refractivity (Wildman–Crippen MR) is 80.8 cm³/mol. The SMILES string of the molecule is CCCCCCCCC1NC(C)CC(C)C1C(N)=O. The third-order valence-electron chi connectivity index (χ3n) is 4.47. The lowest BCUT2D eigenvalue weighted by molar-refractivity contribution is -0.125. The molecule has 112 valence electrons. The Balaban J connectivity index is 2.33. The Bertz CT molecular complexity index is 267. The van der Waals surface area contributed by atoms with E-state index in [2.05, 4.69) is 26.1 Å². The molecule has 0 spiro atoms. The van der Waals surface area contributed by atoms with Gasteiger partial charge in [0.15, 0.2) is 0 Å². The first-order valence-electron chi connectivity index (χ1n) is 8.11. The topological polar surface area (TPSA) is 55.1 Å². The van der Waals surface area contributed by atoms with Crippen molar-refractivity contribution in [3.63, 3.8) is 0 Å². The van der Waals surface area contributed by atoms with Crippen molar-refractivity contribution in [1.82, 2.24) is 5.32 Å². The van der Waals surface area contributed by atoms with Gasteiger partial charge in [-0.2, -0.15) is 0 Å². The van der Waals surface area contributed by atoms with Crippen LogP contribution in [-0.2, 0) is 4.79 Å². The number of carbonyl (C=O) groups is 1. The van der Waals surface area contributed by atoms with E-state index in [-0.39, 0.29) is 11.8 Å². The molecule has 0 aromatic rings. The molecule has 0 saturated carbocycles. The van der Waals surface area contributed by atoms with Crippen molar-refractivity contribution in [2.45, 2.75) is 84.2 Å². The highest BCUT2D eigenvalue weighted by Crippen LogP contribution is 2.29. The number of piperidine rings is 1. The fourth-order valence-corrected chi connectivity index (χ4v) is 3.52. The first-order chi connectivity index (χ1) is 9.06. The van der Waals surface area contributed by atoms with Crippen molar-refractivity contribution in [2.24, 2.45) is 17.6 Å². The van der Waals surface area contributed by atoms with Gasteiger partial charge in [0.2, 0.25) is 5.91 Å². The van der Waals surface area contributed by atoms with Gasteiger partial charge in [-0.15, -0.1) is 0 Å². The Morgan fingerprint density at radius 3 is 2.42 bits per heavy atom. The molecule has 0 radical (unpaired) electrons. The van der Waals surface area contributed by atoms with Crippen LogP contribution in [0.4, 0.5) is 0 Å². The molecule has 1 aliphatic rings. The Labute approximate surface area is 118 Å².